The fourth-order valence-electron chi connectivity index (χ4n) is 3.59. The summed E-state index contributed by atoms with van der Waals surface area (Å²) in [7, 11) is 1.68. The van der Waals surface area contributed by atoms with E-state index < -0.39 is 0 Å². The molecule has 0 amide bonds. The molecule has 0 N–H and O–H groups in total. The van der Waals surface area contributed by atoms with Crippen molar-refractivity contribution in [3.8, 4) is 16.2 Å². The number of ether oxygens (including phenoxy) is 1. The van der Waals surface area contributed by atoms with Crippen molar-refractivity contribution in [2.45, 2.75) is 53.4 Å². The number of benzene rings is 1. The fourth-order valence-corrected chi connectivity index (χ4v) is 11.5. The summed E-state index contributed by atoms with van der Waals surface area (Å²) in [6.45, 7) is 9.40. The van der Waals surface area contributed by atoms with Gasteiger partial charge in [0.15, 0.2) is 0 Å². The molecule has 0 bridgehead atoms. The predicted molar refractivity (Wildman–Crippen MR) is 130 cm³/mol. The third-order valence-electron chi connectivity index (χ3n) is 4.73. The number of hydrogen-bond donors (Lipinski definition) is 0. The number of hydrogen-bond acceptors (Lipinski definition) is 2. The maximum atomic E-state index is 5.38. The zero-order valence-electron chi connectivity index (χ0n) is 17.8. The molecule has 0 saturated heterocycles. The van der Waals surface area contributed by atoms with Crippen LogP contribution in [0.4, 0.5) is 0 Å². The molecule has 0 spiro atoms. The van der Waals surface area contributed by atoms with Gasteiger partial charge < -0.3 is 4.74 Å². The zero-order valence-corrected chi connectivity index (χ0v) is 20.4. The molecule has 1 heterocycles. The van der Waals surface area contributed by atoms with Crippen LogP contribution in [0.1, 0.15) is 53.4 Å². The first-order valence-electron chi connectivity index (χ1n) is 10.5. The minimum Gasteiger partial charge on any atom is -0.497 e. The predicted octanol–water partition coefficient (Wildman–Crippen LogP) is 7.28. The van der Waals surface area contributed by atoms with E-state index in [1.807, 2.05) is 11.3 Å². The van der Waals surface area contributed by atoms with Crippen LogP contribution in [0.15, 0.2) is 29.6 Å². The molecule has 0 aliphatic carbocycles. The van der Waals surface area contributed by atoms with Crippen LogP contribution in [0.5, 0.6) is 5.75 Å². The summed E-state index contributed by atoms with van der Waals surface area (Å²) in [6, 6.07) is 8.74. The van der Waals surface area contributed by atoms with Crippen LogP contribution < -0.4 is 15.3 Å². The second-order valence-electron chi connectivity index (χ2n) is 7.00. The van der Waals surface area contributed by atoms with Gasteiger partial charge in [-0.15, -0.1) is 11.3 Å². The quantitative estimate of drug-likeness (QED) is 0.327. The molecular formula is C23H36OP2S. The van der Waals surface area contributed by atoms with Crippen molar-refractivity contribution in [3.63, 3.8) is 0 Å². The molecule has 0 unspecified atom stereocenters. The molecule has 1 nitrogen and oxygen atoms in total. The lowest BCUT2D eigenvalue weighted by atomic mass is 10.2. The first-order valence-corrected chi connectivity index (χ1v) is 14.8. The SMILES string of the molecule is CCCP(CCC)c1csc(-c2ccc(OC)cc2)c1P(CCC)CCC. The molecule has 150 valence electrons. The van der Waals surface area contributed by atoms with Crippen molar-refractivity contribution in [2.75, 3.05) is 31.8 Å². The summed E-state index contributed by atoms with van der Waals surface area (Å²) in [5, 5.41) is 6.04. The summed E-state index contributed by atoms with van der Waals surface area (Å²) in [5.41, 5.74) is 1.38. The third-order valence-corrected chi connectivity index (χ3v) is 12.3. The van der Waals surface area contributed by atoms with E-state index in [9.17, 15) is 0 Å². The summed E-state index contributed by atoms with van der Waals surface area (Å²) in [5.74, 6) is 0.945. The maximum Gasteiger partial charge on any atom is 0.118 e. The molecular weight excluding hydrogens is 386 g/mol. The highest BCUT2D eigenvalue weighted by molar-refractivity contribution is 7.73. The Morgan fingerprint density at radius 1 is 0.778 bits per heavy atom. The smallest absolute Gasteiger partial charge is 0.118 e. The number of thiophene rings is 1. The van der Waals surface area contributed by atoms with Gasteiger partial charge in [-0.1, -0.05) is 69.2 Å². The van der Waals surface area contributed by atoms with E-state index in [1.54, 1.807) is 22.6 Å². The van der Waals surface area contributed by atoms with E-state index in [4.69, 9.17) is 4.74 Å². The molecule has 0 radical (unpaired) electrons. The van der Waals surface area contributed by atoms with Crippen molar-refractivity contribution in [1.82, 2.24) is 0 Å². The highest BCUT2D eigenvalue weighted by atomic mass is 32.1. The van der Waals surface area contributed by atoms with E-state index >= 15 is 0 Å². The van der Waals surface area contributed by atoms with E-state index in [2.05, 4.69) is 57.3 Å². The molecule has 2 rings (SSSR count). The van der Waals surface area contributed by atoms with E-state index in [0.717, 1.165) is 5.75 Å². The van der Waals surface area contributed by atoms with Gasteiger partial charge >= 0.3 is 0 Å². The topological polar surface area (TPSA) is 9.23 Å². The fraction of sp³-hybridized carbons (Fsp3) is 0.565. The van der Waals surface area contributed by atoms with Gasteiger partial charge in [0.25, 0.3) is 0 Å². The molecule has 0 fully saturated rings. The summed E-state index contributed by atoms with van der Waals surface area (Å²) in [4.78, 5) is 1.54. The Morgan fingerprint density at radius 2 is 1.30 bits per heavy atom. The average molecular weight is 423 g/mol. The average Bonchev–Trinajstić information content (AvgIpc) is 3.12. The second-order valence-corrected chi connectivity index (χ2v) is 12.8. The Kier molecular flexibility index (Phi) is 10.3. The Labute approximate surface area is 173 Å². The van der Waals surface area contributed by atoms with Crippen molar-refractivity contribution in [2.24, 2.45) is 0 Å². The van der Waals surface area contributed by atoms with E-state index in [-0.39, 0.29) is 15.8 Å². The molecule has 2 aromatic rings. The van der Waals surface area contributed by atoms with Gasteiger partial charge in [-0.2, -0.15) is 0 Å². The van der Waals surface area contributed by atoms with Crippen molar-refractivity contribution >= 4 is 37.8 Å². The minimum atomic E-state index is -0.0540. The second kappa shape index (κ2) is 12.2. The molecule has 4 heteroatoms. The Hall–Kier alpha value is -0.420. The highest BCUT2D eigenvalue weighted by Gasteiger charge is 2.25. The van der Waals surface area contributed by atoms with Crippen molar-refractivity contribution in [1.29, 1.82) is 0 Å². The third kappa shape index (κ3) is 6.03. The summed E-state index contributed by atoms with van der Waals surface area (Å²) in [6.07, 6.45) is 10.7. The first-order chi connectivity index (χ1) is 13.2. The van der Waals surface area contributed by atoms with Crippen LogP contribution in [0.25, 0.3) is 10.4 Å². The maximum absolute atomic E-state index is 5.38. The summed E-state index contributed by atoms with van der Waals surface area (Å²) < 4.78 is 5.38. The normalized spacial score (nSPS) is 11.5. The lowest BCUT2D eigenvalue weighted by Crippen LogP contribution is -2.23. The van der Waals surface area contributed by atoms with Gasteiger partial charge in [0.05, 0.1) is 7.11 Å². The van der Waals surface area contributed by atoms with Crippen LogP contribution in [-0.4, -0.2) is 31.8 Å². The van der Waals surface area contributed by atoms with E-state index in [1.165, 1.54) is 55.9 Å². The van der Waals surface area contributed by atoms with Crippen molar-refractivity contribution in [3.05, 3.63) is 29.6 Å². The first kappa shape index (κ1) is 22.9. The van der Waals surface area contributed by atoms with Gasteiger partial charge in [0.1, 0.15) is 5.75 Å². The molecule has 27 heavy (non-hydrogen) atoms. The van der Waals surface area contributed by atoms with Gasteiger partial charge in [-0.25, -0.2) is 0 Å². The van der Waals surface area contributed by atoms with Crippen LogP contribution in [0.3, 0.4) is 0 Å². The standard InChI is InChI=1S/C23H36OP2S/c1-6-14-25(15-7-2)21-18-27-23(19-10-12-20(24-5)13-11-19)22(21)26(16-8-3)17-9-4/h10-13,18H,6-9,14-17H2,1-5H3. The number of rotatable bonds is 12. The highest BCUT2D eigenvalue weighted by Crippen LogP contribution is 2.46. The Balaban J connectivity index is 2.54. The van der Waals surface area contributed by atoms with Gasteiger partial charge in [0, 0.05) is 10.2 Å². The van der Waals surface area contributed by atoms with Crippen LogP contribution in [-0.2, 0) is 0 Å². The minimum absolute atomic E-state index is 0.00758. The van der Waals surface area contributed by atoms with Gasteiger partial charge in [-0.05, 0) is 65.2 Å². The molecule has 0 saturated carbocycles. The molecule has 0 aliphatic rings. The Morgan fingerprint density at radius 3 is 1.78 bits per heavy atom. The van der Waals surface area contributed by atoms with Crippen LogP contribution in [0.2, 0.25) is 0 Å². The van der Waals surface area contributed by atoms with Crippen LogP contribution in [0, 0.1) is 0 Å². The van der Waals surface area contributed by atoms with E-state index in [0.29, 0.717) is 0 Å². The summed E-state index contributed by atoms with van der Waals surface area (Å²) >= 11 is 1.99. The van der Waals surface area contributed by atoms with Gasteiger partial charge in [0.2, 0.25) is 0 Å². The number of methoxy groups -OCH3 is 1. The lowest BCUT2D eigenvalue weighted by Gasteiger charge is -2.24. The van der Waals surface area contributed by atoms with Crippen LogP contribution >= 0.6 is 27.2 Å². The largest absolute Gasteiger partial charge is 0.497 e. The van der Waals surface area contributed by atoms with Gasteiger partial charge in [-0.3, -0.25) is 0 Å². The zero-order chi connectivity index (χ0) is 19.6. The Bertz CT molecular complexity index is 654. The monoisotopic (exact) mass is 422 g/mol. The molecule has 0 atom stereocenters. The lowest BCUT2D eigenvalue weighted by molar-refractivity contribution is 0.415. The molecule has 1 aromatic carbocycles. The van der Waals surface area contributed by atoms with Crippen molar-refractivity contribution < 1.29 is 4.74 Å². The molecule has 1 aromatic heterocycles. The molecule has 0 aliphatic heterocycles.